The summed E-state index contributed by atoms with van der Waals surface area (Å²) in [6.45, 7) is -0.783. The molecule has 0 bridgehead atoms. The Morgan fingerprint density at radius 3 is 2.35 bits per heavy atom. The van der Waals surface area contributed by atoms with Crippen molar-refractivity contribution in [1.82, 2.24) is 19.4 Å². The van der Waals surface area contributed by atoms with Crippen LogP contribution in [0.25, 0.3) is 0 Å². The van der Waals surface area contributed by atoms with Crippen LogP contribution in [-0.4, -0.2) is 151 Å². The van der Waals surface area contributed by atoms with E-state index in [1.807, 2.05) is 4.98 Å². The van der Waals surface area contributed by atoms with Gasteiger partial charge in [-0.1, -0.05) is 0 Å². The number of aromatic nitrogens is 2. The van der Waals surface area contributed by atoms with Crippen LogP contribution in [0.2, 0.25) is 0 Å². The number of aliphatic hydroxyl groups excluding tert-OH is 4. The predicted molar refractivity (Wildman–Crippen MR) is 127 cm³/mol. The maximum Gasteiger partial charge on any atom is 0.334 e. The number of ketones is 1. The highest BCUT2D eigenvalue weighted by molar-refractivity contribution is 6.07. The number of carbonyl (C=O) groups excluding carboxylic acids is 2. The molecule has 3 fully saturated rings. The summed E-state index contributed by atoms with van der Waals surface area (Å²) in [4.78, 5) is 65.7. The molecule has 18 nitrogen and oxygen atoms in total. The summed E-state index contributed by atoms with van der Waals surface area (Å²) in [7, 11) is 2.39. The third-order valence-electron chi connectivity index (χ3n) is 7.28. The Balaban J connectivity index is 1.75. The van der Waals surface area contributed by atoms with Crippen molar-refractivity contribution in [3.63, 3.8) is 0 Å². The van der Waals surface area contributed by atoms with Crippen LogP contribution in [0.15, 0.2) is 21.9 Å². The fourth-order valence-electron chi connectivity index (χ4n) is 5.19. The maximum atomic E-state index is 13.6. The molecule has 40 heavy (non-hydrogen) atoms. The largest absolute Gasteiger partial charge is 0.479 e. The molecule has 0 radical (unpaired) electrons. The smallest absolute Gasteiger partial charge is 0.334 e. The van der Waals surface area contributed by atoms with Crippen LogP contribution in [0.3, 0.4) is 0 Å². The highest BCUT2D eigenvalue weighted by Gasteiger charge is 2.56. The number of hydrogen-bond acceptors (Lipinski definition) is 14. The van der Waals surface area contributed by atoms with E-state index in [0.717, 1.165) is 28.8 Å². The number of nitrogens with zero attached hydrogens (tertiary/aromatic N) is 3. The fourth-order valence-corrected chi connectivity index (χ4v) is 5.19. The van der Waals surface area contributed by atoms with Crippen molar-refractivity contribution >= 4 is 17.7 Å². The Morgan fingerprint density at radius 1 is 1.10 bits per heavy atom. The van der Waals surface area contributed by atoms with Gasteiger partial charge in [0.2, 0.25) is 5.91 Å². The van der Waals surface area contributed by atoms with Gasteiger partial charge in [-0.2, -0.15) is 0 Å². The molecule has 8 N–H and O–H groups in total. The highest BCUT2D eigenvalue weighted by atomic mass is 16.7. The monoisotopic (exact) mass is 573 g/mol. The molecule has 3 saturated heterocycles. The quantitative estimate of drug-likeness (QED) is 0.150. The Bertz CT molecular complexity index is 1250. The lowest BCUT2D eigenvalue weighted by molar-refractivity contribution is -0.233. The zero-order chi connectivity index (χ0) is 29.6. The van der Waals surface area contributed by atoms with Crippen LogP contribution in [0.4, 0.5) is 0 Å². The van der Waals surface area contributed by atoms with E-state index < -0.39 is 103 Å². The van der Waals surface area contributed by atoms with Gasteiger partial charge in [0.15, 0.2) is 24.3 Å². The molecule has 4 heterocycles. The number of carboxylic acid groups (broad SMARTS) is 1. The normalized spacial score (nSPS) is 38.0. The number of carbonyl (C=O) groups is 3. The van der Waals surface area contributed by atoms with E-state index in [4.69, 9.17) is 19.9 Å². The number of aliphatic carboxylic acids is 1. The predicted octanol–water partition coefficient (Wildman–Crippen LogP) is -6.26. The lowest BCUT2D eigenvalue weighted by Crippen LogP contribution is -2.59. The van der Waals surface area contributed by atoms with Gasteiger partial charge in [0, 0.05) is 25.9 Å². The number of rotatable bonds is 7. The molecule has 4 rings (SSSR count). The SMILES string of the molecule is CN1CC(=O)C(C(=O)O)N(C)C(=O)C1[C@H](OC1OC(CN)C(O)C1O)C1OC(n2ccc(=O)[nH]c2=O)C(O)C1O. The molecule has 0 aliphatic carbocycles. The topological polar surface area (TPSA) is 267 Å². The number of nitrogens with two attached hydrogens (primary N) is 1. The molecule has 18 heteroatoms. The summed E-state index contributed by atoms with van der Waals surface area (Å²) in [6, 6.07) is -2.44. The van der Waals surface area contributed by atoms with Crippen LogP contribution in [0.5, 0.6) is 0 Å². The minimum atomic E-state index is -1.86. The Kier molecular flexibility index (Phi) is 8.54. The highest BCUT2D eigenvalue weighted by Crippen LogP contribution is 2.36. The van der Waals surface area contributed by atoms with E-state index in [1.54, 1.807) is 0 Å². The van der Waals surface area contributed by atoms with Crippen LogP contribution in [-0.2, 0) is 28.6 Å². The summed E-state index contributed by atoms with van der Waals surface area (Å²) in [5, 5.41) is 52.2. The van der Waals surface area contributed by atoms with Gasteiger partial charge in [0.25, 0.3) is 5.56 Å². The van der Waals surface area contributed by atoms with Gasteiger partial charge >= 0.3 is 11.7 Å². The van der Waals surface area contributed by atoms with Gasteiger partial charge in [-0.3, -0.25) is 28.8 Å². The molecular weight excluding hydrogens is 542 g/mol. The van der Waals surface area contributed by atoms with Crippen LogP contribution in [0.1, 0.15) is 6.23 Å². The van der Waals surface area contributed by atoms with Crippen molar-refractivity contribution in [1.29, 1.82) is 0 Å². The second kappa shape index (κ2) is 11.4. The molecule has 0 spiro atoms. The third kappa shape index (κ3) is 5.20. The van der Waals surface area contributed by atoms with Crippen molar-refractivity contribution in [3.8, 4) is 0 Å². The number of amides is 1. The Labute approximate surface area is 225 Å². The van der Waals surface area contributed by atoms with Crippen LogP contribution in [0, 0.1) is 0 Å². The molecule has 10 unspecified atom stereocenters. The second-order valence-corrected chi connectivity index (χ2v) is 9.87. The Morgan fingerprint density at radius 2 is 1.77 bits per heavy atom. The number of nitrogens with one attached hydrogen (secondary N) is 1. The number of ether oxygens (including phenoxy) is 3. The molecule has 3 aliphatic rings. The average Bonchev–Trinajstić information content (AvgIpc) is 3.29. The van der Waals surface area contributed by atoms with Crippen molar-refractivity contribution in [2.24, 2.45) is 5.73 Å². The third-order valence-corrected chi connectivity index (χ3v) is 7.28. The summed E-state index contributed by atoms with van der Waals surface area (Å²) in [5.74, 6) is -3.38. The number of likely N-dealkylation sites (N-methyl/N-ethyl adjacent to an activating group) is 2. The molecule has 222 valence electrons. The molecule has 0 aromatic carbocycles. The number of Topliss-reactive ketones (excluding diaryl/α,β-unsaturated/α-hetero) is 1. The van der Waals surface area contributed by atoms with E-state index in [9.17, 15) is 49.5 Å². The average molecular weight is 574 g/mol. The number of aromatic amines is 1. The molecule has 11 atom stereocenters. The zero-order valence-corrected chi connectivity index (χ0v) is 21.3. The van der Waals surface area contributed by atoms with E-state index >= 15 is 0 Å². The standard InChI is InChI=1S/C22H31N5O13/c1-25-6-7(28)10(20(35)36)26(2)18(34)11(25)16(40-21-15(33)12(30)8(5-23)38-21)17-13(31)14(32)19(39-17)27-4-3-9(29)24-22(27)37/h3-4,8,10-17,19,21,30-33H,5-6,23H2,1-2H3,(H,35,36)(H,24,29,37)/t8?,10?,11?,12?,13?,14?,15?,16-,17?,19?,21?/m0/s1. The van der Waals surface area contributed by atoms with Gasteiger partial charge in [0.1, 0.15) is 48.8 Å². The molecule has 3 aliphatic heterocycles. The van der Waals surface area contributed by atoms with Crippen molar-refractivity contribution in [3.05, 3.63) is 33.1 Å². The molecular formula is C22H31N5O13. The van der Waals surface area contributed by atoms with Gasteiger partial charge < -0.3 is 50.4 Å². The summed E-state index contributed by atoms with van der Waals surface area (Å²) < 4.78 is 18.0. The minimum absolute atomic E-state index is 0.221. The first-order valence-corrected chi connectivity index (χ1v) is 12.2. The first-order chi connectivity index (χ1) is 18.8. The molecule has 0 saturated carbocycles. The van der Waals surface area contributed by atoms with E-state index in [2.05, 4.69) is 0 Å². The lowest BCUT2D eigenvalue weighted by Gasteiger charge is -2.38. The molecule has 1 amide bonds. The van der Waals surface area contributed by atoms with Gasteiger partial charge in [-0.25, -0.2) is 9.59 Å². The van der Waals surface area contributed by atoms with Gasteiger partial charge in [-0.05, 0) is 7.05 Å². The van der Waals surface area contributed by atoms with E-state index in [-0.39, 0.29) is 6.54 Å². The number of H-pyrrole nitrogens is 1. The maximum absolute atomic E-state index is 13.6. The van der Waals surface area contributed by atoms with Gasteiger partial charge in [-0.15, -0.1) is 0 Å². The van der Waals surface area contributed by atoms with Gasteiger partial charge in [0.05, 0.1) is 6.54 Å². The lowest BCUT2D eigenvalue weighted by atomic mass is 9.97. The first kappa shape index (κ1) is 29.9. The fraction of sp³-hybridized carbons (Fsp3) is 0.682. The minimum Gasteiger partial charge on any atom is -0.479 e. The zero-order valence-electron chi connectivity index (χ0n) is 21.3. The van der Waals surface area contributed by atoms with Crippen LogP contribution < -0.4 is 17.0 Å². The van der Waals surface area contributed by atoms with Crippen LogP contribution >= 0.6 is 0 Å². The number of carboxylic acids is 1. The second-order valence-electron chi connectivity index (χ2n) is 9.87. The number of hydrogen-bond donors (Lipinski definition) is 7. The summed E-state index contributed by atoms with van der Waals surface area (Å²) in [6.07, 6.45) is -13.5. The van der Waals surface area contributed by atoms with Crippen molar-refractivity contribution < 1.29 is 54.1 Å². The Hall–Kier alpha value is -3.07. The first-order valence-electron chi connectivity index (χ1n) is 12.2. The number of aliphatic hydroxyl groups is 4. The van der Waals surface area contributed by atoms with E-state index in [0.29, 0.717) is 4.90 Å². The van der Waals surface area contributed by atoms with Crippen molar-refractivity contribution in [2.75, 3.05) is 27.2 Å². The molecule has 1 aromatic rings. The van der Waals surface area contributed by atoms with Crippen molar-refractivity contribution in [2.45, 2.75) is 67.3 Å². The summed E-state index contributed by atoms with van der Waals surface area (Å²) >= 11 is 0. The molecule has 1 aromatic heterocycles. The summed E-state index contributed by atoms with van der Waals surface area (Å²) in [5.41, 5.74) is 3.84. The van der Waals surface area contributed by atoms with E-state index in [1.165, 1.54) is 7.05 Å².